The van der Waals surface area contributed by atoms with Crippen LogP contribution in [0.25, 0.3) is 10.9 Å². The van der Waals surface area contributed by atoms with Crippen molar-refractivity contribution in [2.75, 3.05) is 0 Å². The summed E-state index contributed by atoms with van der Waals surface area (Å²) in [5.74, 6) is 0.765. The molecule has 1 atom stereocenters. The summed E-state index contributed by atoms with van der Waals surface area (Å²) in [4.78, 5) is 18.1. The van der Waals surface area contributed by atoms with Crippen molar-refractivity contribution in [1.82, 2.24) is 4.98 Å². The minimum Gasteiger partial charge on any atom is -0.299 e. The van der Waals surface area contributed by atoms with Crippen molar-refractivity contribution in [1.29, 1.82) is 0 Å². The molecule has 0 amide bonds. The minimum absolute atomic E-state index is 0.0178. The number of halogens is 2. The van der Waals surface area contributed by atoms with Crippen LogP contribution in [-0.4, -0.2) is 10.8 Å². The molecule has 1 aliphatic rings. The number of ketones is 1. The van der Waals surface area contributed by atoms with Crippen LogP contribution in [0, 0.1) is 17.7 Å². The molecule has 4 heteroatoms. The van der Waals surface area contributed by atoms with Gasteiger partial charge in [-0.15, -0.1) is 0 Å². The lowest BCUT2D eigenvalue weighted by Crippen LogP contribution is -2.30. The largest absolute Gasteiger partial charge is 0.299 e. The van der Waals surface area contributed by atoms with Gasteiger partial charge in [0.25, 0.3) is 0 Å². The summed E-state index contributed by atoms with van der Waals surface area (Å²) in [5.41, 5.74) is 5.58. The summed E-state index contributed by atoms with van der Waals surface area (Å²) in [6, 6.07) is 23.3. The zero-order valence-corrected chi connectivity index (χ0v) is 22.1. The third kappa shape index (κ3) is 6.10. The first kappa shape index (κ1) is 25.6. The Hall–Kier alpha value is -3.04. The molecule has 3 aromatic carbocycles. The van der Waals surface area contributed by atoms with Crippen LogP contribution in [0.2, 0.25) is 5.02 Å². The van der Waals surface area contributed by atoms with Crippen LogP contribution in [0.15, 0.2) is 79.0 Å². The Morgan fingerprint density at radius 2 is 1.59 bits per heavy atom. The summed E-state index contributed by atoms with van der Waals surface area (Å²) in [7, 11) is 0. The van der Waals surface area contributed by atoms with Crippen molar-refractivity contribution in [2.45, 2.75) is 57.8 Å². The number of hydrogen-bond acceptors (Lipinski definition) is 2. The molecule has 0 saturated heterocycles. The Bertz CT molecular complexity index is 1360. The highest BCUT2D eigenvalue weighted by Gasteiger charge is 2.33. The predicted molar refractivity (Wildman–Crippen MR) is 150 cm³/mol. The van der Waals surface area contributed by atoms with Crippen LogP contribution in [-0.2, 0) is 24.1 Å². The number of benzene rings is 3. The predicted octanol–water partition coefficient (Wildman–Crippen LogP) is 8.53. The molecule has 2 nitrogen and oxygen atoms in total. The van der Waals surface area contributed by atoms with E-state index in [0.29, 0.717) is 29.1 Å². The Kier molecular flexibility index (Phi) is 8.00. The summed E-state index contributed by atoms with van der Waals surface area (Å²) in [5, 5.41) is 1.60. The van der Waals surface area contributed by atoms with Gasteiger partial charge in [0.05, 0.1) is 5.52 Å². The quantitative estimate of drug-likeness (QED) is 0.236. The van der Waals surface area contributed by atoms with Crippen LogP contribution < -0.4 is 0 Å². The second-order valence-electron chi connectivity index (χ2n) is 10.4. The molecule has 190 valence electrons. The molecule has 0 bridgehead atoms. The van der Waals surface area contributed by atoms with Gasteiger partial charge in [0.15, 0.2) is 0 Å². The highest BCUT2D eigenvalue weighted by Crippen LogP contribution is 2.42. The third-order valence-corrected chi connectivity index (χ3v) is 8.36. The van der Waals surface area contributed by atoms with Crippen molar-refractivity contribution in [3.8, 4) is 0 Å². The molecule has 0 N–H and O–H groups in total. The maximum Gasteiger partial charge on any atom is 0.140 e. The molecule has 0 spiro atoms. The van der Waals surface area contributed by atoms with Gasteiger partial charge in [-0.05, 0) is 109 Å². The van der Waals surface area contributed by atoms with Gasteiger partial charge in [-0.25, -0.2) is 4.39 Å². The second kappa shape index (κ2) is 11.6. The van der Waals surface area contributed by atoms with E-state index in [1.165, 1.54) is 22.8 Å². The maximum absolute atomic E-state index is 14.0. The topological polar surface area (TPSA) is 30.0 Å². The van der Waals surface area contributed by atoms with Crippen LogP contribution in [0.3, 0.4) is 0 Å². The van der Waals surface area contributed by atoms with Gasteiger partial charge in [0.2, 0.25) is 0 Å². The Morgan fingerprint density at radius 1 is 0.919 bits per heavy atom. The number of pyridine rings is 1. The van der Waals surface area contributed by atoms with E-state index in [9.17, 15) is 9.18 Å². The number of carbonyl (C=O) groups is 1. The number of aromatic nitrogens is 1. The summed E-state index contributed by atoms with van der Waals surface area (Å²) in [6.45, 7) is 2.16. The number of carbonyl (C=O) groups excluding carboxylic acids is 1. The fraction of sp³-hybridized carbons (Fsp3) is 0.333. The van der Waals surface area contributed by atoms with E-state index in [2.05, 4.69) is 36.2 Å². The van der Waals surface area contributed by atoms with Gasteiger partial charge in [0, 0.05) is 28.9 Å². The number of Topliss-reactive ketones (excluding diaryl/α,β-unsaturated/α-hetero) is 1. The average molecular weight is 514 g/mol. The zero-order chi connectivity index (χ0) is 25.8. The number of nitrogens with zero attached hydrogens (tertiary/aromatic N) is 1. The van der Waals surface area contributed by atoms with Gasteiger partial charge in [-0.3, -0.25) is 9.78 Å². The van der Waals surface area contributed by atoms with E-state index in [-0.39, 0.29) is 11.7 Å². The van der Waals surface area contributed by atoms with Crippen molar-refractivity contribution < 1.29 is 9.18 Å². The lowest BCUT2D eigenvalue weighted by atomic mass is 9.70. The van der Waals surface area contributed by atoms with Gasteiger partial charge in [-0.1, -0.05) is 54.9 Å². The molecule has 1 fully saturated rings. The molecule has 1 aromatic heterocycles. The number of hydrogen-bond donors (Lipinski definition) is 0. The first-order chi connectivity index (χ1) is 18.0. The van der Waals surface area contributed by atoms with E-state index >= 15 is 0 Å². The summed E-state index contributed by atoms with van der Waals surface area (Å²) < 4.78 is 14.0. The molecular weight excluding hydrogens is 481 g/mol. The van der Waals surface area contributed by atoms with Crippen molar-refractivity contribution in [3.63, 3.8) is 0 Å². The van der Waals surface area contributed by atoms with Crippen LogP contribution in [0.5, 0.6) is 0 Å². The molecule has 0 radical (unpaired) electrons. The number of aryl methyl sites for hydroxylation is 1. The van der Waals surface area contributed by atoms with Crippen molar-refractivity contribution in [3.05, 3.63) is 112 Å². The summed E-state index contributed by atoms with van der Waals surface area (Å²) in [6.07, 6.45) is 8.04. The Balaban J connectivity index is 1.34. The monoisotopic (exact) mass is 513 g/mol. The standard InChI is InChI=1S/C33H33ClFNO/c1-2-22-3-5-23(6-4-22)19-30(33(37)20-24-7-13-27(34)14-8-24)26-11-9-25(10-12-26)29-17-18-36-32-16-15-28(35)21-31(29)32/h3-8,13-18,21,25-26,30H,2,9-12,19-20H2,1H3. The third-order valence-electron chi connectivity index (χ3n) is 8.11. The molecule has 0 aliphatic heterocycles. The van der Waals surface area contributed by atoms with E-state index in [1.807, 2.05) is 36.5 Å². The molecule has 1 aliphatic carbocycles. The first-order valence-corrected chi connectivity index (χ1v) is 13.8. The normalized spacial score (nSPS) is 18.6. The van der Waals surface area contributed by atoms with Crippen LogP contribution >= 0.6 is 11.6 Å². The van der Waals surface area contributed by atoms with Gasteiger partial charge >= 0.3 is 0 Å². The Morgan fingerprint density at radius 3 is 2.30 bits per heavy atom. The van der Waals surface area contributed by atoms with Crippen molar-refractivity contribution in [2.24, 2.45) is 11.8 Å². The minimum atomic E-state index is -0.225. The van der Waals surface area contributed by atoms with E-state index in [4.69, 9.17) is 11.6 Å². The molecule has 4 aromatic rings. The molecule has 1 saturated carbocycles. The van der Waals surface area contributed by atoms with E-state index < -0.39 is 0 Å². The van der Waals surface area contributed by atoms with Gasteiger partial charge in [-0.2, -0.15) is 0 Å². The molecule has 1 unspecified atom stereocenters. The summed E-state index contributed by atoms with van der Waals surface area (Å²) >= 11 is 6.06. The lowest BCUT2D eigenvalue weighted by molar-refractivity contribution is -0.124. The molecule has 5 rings (SSSR count). The zero-order valence-electron chi connectivity index (χ0n) is 21.3. The molecular formula is C33H33ClFNO. The van der Waals surface area contributed by atoms with Gasteiger partial charge in [0.1, 0.15) is 11.6 Å². The highest BCUT2D eigenvalue weighted by molar-refractivity contribution is 6.30. The smallest absolute Gasteiger partial charge is 0.140 e. The number of fused-ring (bicyclic) bond motifs is 1. The van der Waals surface area contributed by atoms with Crippen LogP contribution in [0.1, 0.15) is 60.8 Å². The van der Waals surface area contributed by atoms with Gasteiger partial charge < -0.3 is 0 Å². The Labute approximate surface area is 223 Å². The van der Waals surface area contributed by atoms with Crippen LogP contribution in [0.4, 0.5) is 4.39 Å². The molecule has 1 heterocycles. The fourth-order valence-electron chi connectivity index (χ4n) is 5.97. The van der Waals surface area contributed by atoms with E-state index in [0.717, 1.165) is 55.0 Å². The highest BCUT2D eigenvalue weighted by atomic mass is 35.5. The van der Waals surface area contributed by atoms with Crippen molar-refractivity contribution >= 4 is 28.3 Å². The fourth-order valence-corrected chi connectivity index (χ4v) is 6.10. The SMILES string of the molecule is CCc1ccc(CC(C(=O)Cc2ccc(Cl)cc2)C2CCC(c3ccnc4ccc(F)cc34)CC2)cc1. The maximum atomic E-state index is 14.0. The van der Waals surface area contributed by atoms with E-state index in [1.54, 1.807) is 12.1 Å². The molecule has 37 heavy (non-hydrogen) atoms. The lowest BCUT2D eigenvalue weighted by Gasteiger charge is -2.34. The first-order valence-electron chi connectivity index (χ1n) is 13.4. The number of rotatable bonds is 8. The second-order valence-corrected chi connectivity index (χ2v) is 10.9. The average Bonchev–Trinajstić information content (AvgIpc) is 2.93.